The van der Waals surface area contributed by atoms with Crippen molar-refractivity contribution in [3.8, 4) is 0 Å². The normalized spacial score (nSPS) is 10.4. The van der Waals surface area contributed by atoms with Crippen molar-refractivity contribution >= 4 is 12.1 Å². The van der Waals surface area contributed by atoms with Gasteiger partial charge in [-0.25, -0.2) is 0 Å². The number of hydrogen-bond acceptors (Lipinski definition) is 2. The van der Waals surface area contributed by atoms with Crippen LogP contribution in [0, 0.1) is 0 Å². The van der Waals surface area contributed by atoms with Gasteiger partial charge in [0.2, 0.25) is 0 Å². The summed E-state index contributed by atoms with van der Waals surface area (Å²) in [6.45, 7) is -0.153. The number of halogens is 3. The summed E-state index contributed by atoms with van der Waals surface area (Å²) in [5, 5.41) is 0. The Morgan fingerprint density at radius 1 is 1.45 bits per heavy atom. The first-order chi connectivity index (χ1) is 4.97. The van der Waals surface area contributed by atoms with Crippen LogP contribution in [0.4, 0.5) is 12.8 Å². The molecule has 0 aromatic heterocycles. The summed E-state index contributed by atoms with van der Waals surface area (Å²) in [6, 6.07) is 0. The van der Waals surface area contributed by atoms with Gasteiger partial charge in [-0.15, -0.1) is 0 Å². The minimum atomic E-state index is -2.02. The van der Waals surface area contributed by atoms with Gasteiger partial charge in [-0.05, 0) is 0 Å². The van der Waals surface area contributed by atoms with E-state index in [-0.39, 0.29) is 25.3 Å². The first-order valence-electron chi connectivity index (χ1n) is 2.86. The van der Waals surface area contributed by atoms with E-state index in [9.17, 15) is 12.8 Å². The number of quaternary nitrogens is 1. The molecule has 0 amide bonds. The average Bonchev–Trinajstić information content (AvgIpc) is 1.84. The van der Waals surface area contributed by atoms with Crippen molar-refractivity contribution in [1.29, 1.82) is 0 Å². The maximum atomic E-state index is 11.8. The molecule has 0 unspecified atom stereocenters. The van der Waals surface area contributed by atoms with E-state index in [2.05, 4.69) is 4.74 Å². The summed E-state index contributed by atoms with van der Waals surface area (Å²) in [6.07, 6.45) is 1.38. The molecule has 0 aliphatic carbocycles. The van der Waals surface area contributed by atoms with Crippen LogP contribution in [0.15, 0.2) is 0 Å². The molecule has 0 rings (SSSR count). The second-order valence-electron chi connectivity index (χ2n) is 1.83. The standard InChI is InChI=1S/C4H10F2NO.CH3FS/c1-7(5,6)3-4-8-2;1-3-2/h3-4H2,1-2H3;1H3/q+1;. The van der Waals surface area contributed by atoms with Crippen molar-refractivity contribution in [3.63, 3.8) is 0 Å². The third-order valence-corrected chi connectivity index (χ3v) is 0.688. The Bertz CT molecular complexity index is 78.6. The highest BCUT2D eigenvalue weighted by Gasteiger charge is 2.20. The summed E-state index contributed by atoms with van der Waals surface area (Å²) in [7, 11) is 2.22. The van der Waals surface area contributed by atoms with Crippen LogP contribution in [0.1, 0.15) is 0 Å². The fourth-order valence-corrected chi connectivity index (χ4v) is 0.252. The monoisotopic (exact) mass is 192 g/mol. The van der Waals surface area contributed by atoms with Crippen molar-refractivity contribution in [2.45, 2.75) is 0 Å². The Kier molecular flexibility index (Phi) is 10.1. The molecule has 0 bridgehead atoms. The fourth-order valence-electron chi connectivity index (χ4n) is 0.252. The lowest BCUT2D eigenvalue weighted by atomic mass is 10.7. The van der Waals surface area contributed by atoms with Crippen LogP contribution >= 0.6 is 12.1 Å². The Hall–Kier alpha value is 0.0600. The smallest absolute Gasteiger partial charge is 0.178 e. The Labute approximate surface area is 69.1 Å². The van der Waals surface area contributed by atoms with Gasteiger partial charge >= 0.3 is 0 Å². The maximum absolute atomic E-state index is 11.8. The van der Waals surface area contributed by atoms with Gasteiger partial charge in [0, 0.05) is 34.5 Å². The molecule has 0 atom stereocenters. The van der Waals surface area contributed by atoms with Gasteiger partial charge in [-0.3, -0.25) is 0 Å². The van der Waals surface area contributed by atoms with Gasteiger partial charge in [0.25, 0.3) is 0 Å². The third kappa shape index (κ3) is 25.5. The molecule has 70 valence electrons. The lowest BCUT2D eigenvalue weighted by Gasteiger charge is -2.04. The van der Waals surface area contributed by atoms with Crippen LogP contribution in [0.2, 0.25) is 0 Å². The molecule has 0 aliphatic heterocycles. The van der Waals surface area contributed by atoms with E-state index in [0.29, 0.717) is 0 Å². The summed E-state index contributed by atoms with van der Waals surface area (Å²) < 4.78 is 38.2. The summed E-state index contributed by atoms with van der Waals surface area (Å²) in [4.78, 5) is -2.02. The van der Waals surface area contributed by atoms with Crippen LogP contribution in [-0.4, -0.2) is 38.5 Å². The molecule has 0 radical (unpaired) electrons. The lowest BCUT2D eigenvalue weighted by molar-refractivity contribution is -1.15. The summed E-state index contributed by atoms with van der Waals surface area (Å²) in [5.74, 6) is 0. The molecular formula is C5H13F3NOS+. The molecule has 11 heavy (non-hydrogen) atoms. The highest BCUT2D eigenvalue weighted by Crippen LogP contribution is 2.01. The number of methoxy groups -OCH3 is 1. The molecule has 0 saturated heterocycles. The van der Waals surface area contributed by atoms with Gasteiger partial charge in [-0.2, -0.15) is 3.89 Å². The van der Waals surface area contributed by atoms with E-state index >= 15 is 0 Å². The second kappa shape index (κ2) is 8.16. The minimum absolute atomic E-state index is 0.101. The third-order valence-electron chi connectivity index (χ3n) is 0.688. The van der Waals surface area contributed by atoms with E-state index in [4.69, 9.17) is 0 Å². The predicted octanol–water partition coefficient (Wildman–Crippen LogP) is 2.08. The maximum Gasteiger partial charge on any atom is 0.178 e. The molecule has 0 aromatic rings. The quantitative estimate of drug-likeness (QED) is 0.633. The van der Waals surface area contributed by atoms with Crippen molar-refractivity contribution in [2.24, 2.45) is 0 Å². The summed E-state index contributed by atoms with van der Waals surface area (Å²) in [5.41, 5.74) is 0. The van der Waals surface area contributed by atoms with Gasteiger partial charge < -0.3 is 4.74 Å². The number of likely N-dealkylation sites (N-methyl/N-ethyl adjacent to an activating group) is 1. The van der Waals surface area contributed by atoms with Gasteiger partial charge in [-0.1, -0.05) is 0 Å². The van der Waals surface area contributed by atoms with Crippen LogP contribution in [0.25, 0.3) is 0 Å². The molecule has 0 aliphatic rings. The largest absolute Gasteiger partial charge is 0.379 e. The minimum Gasteiger partial charge on any atom is -0.379 e. The zero-order valence-electron chi connectivity index (χ0n) is 6.81. The molecule has 6 heteroatoms. The molecule has 0 aromatic carbocycles. The SMILES string of the molecule is COCC[N+](C)(F)F.CSF. The molecule has 0 fully saturated rings. The fraction of sp³-hybridized carbons (Fsp3) is 1.00. The van der Waals surface area contributed by atoms with E-state index in [1.54, 1.807) is 0 Å². The molecule has 0 spiro atoms. The zero-order chi connectivity index (χ0) is 9.33. The van der Waals surface area contributed by atoms with Crippen LogP contribution in [-0.2, 0) is 4.74 Å². The Morgan fingerprint density at radius 3 is 1.91 bits per heavy atom. The number of rotatable bonds is 3. The molecule has 0 N–H and O–H groups in total. The second-order valence-corrected chi connectivity index (χ2v) is 2.14. The summed E-state index contributed by atoms with van der Waals surface area (Å²) >= 11 is 0.250. The number of ether oxygens (including phenoxy) is 1. The molecule has 0 heterocycles. The first kappa shape index (κ1) is 13.6. The van der Waals surface area contributed by atoms with Crippen LogP contribution in [0.5, 0.6) is 0 Å². The van der Waals surface area contributed by atoms with Gasteiger partial charge in [0.15, 0.2) is 6.54 Å². The lowest BCUT2D eigenvalue weighted by Crippen LogP contribution is -2.28. The first-order valence-corrected chi connectivity index (χ1v) is 3.99. The highest BCUT2D eigenvalue weighted by molar-refractivity contribution is 7.93. The van der Waals surface area contributed by atoms with Crippen LogP contribution < -0.4 is 0 Å². The Balaban J connectivity index is 0. The predicted molar refractivity (Wildman–Crippen MR) is 39.8 cm³/mol. The van der Waals surface area contributed by atoms with Crippen molar-refractivity contribution in [2.75, 3.05) is 33.6 Å². The molecule has 0 saturated carbocycles. The molecule has 2 nitrogen and oxygen atoms in total. The topological polar surface area (TPSA) is 9.23 Å². The average molecular weight is 192 g/mol. The van der Waals surface area contributed by atoms with Gasteiger partial charge in [0.05, 0.1) is 4.93 Å². The number of hydrogen-bond donors (Lipinski definition) is 0. The van der Waals surface area contributed by atoms with Gasteiger partial charge in [0.1, 0.15) is 13.7 Å². The van der Waals surface area contributed by atoms with Crippen molar-refractivity contribution in [1.82, 2.24) is 0 Å². The molecular weight excluding hydrogens is 179 g/mol. The van der Waals surface area contributed by atoms with Crippen molar-refractivity contribution in [3.05, 3.63) is 0 Å². The van der Waals surface area contributed by atoms with Crippen LogP contribution in [0.3, 0.4) is 0 Å². The van der Waals surface area contributed by atoms with E-state index in [1.807, 2.05) is 0 Å². The van der Waals surface area contributed by atoms with E-state index in [0.717, 1.165) is 7.05 Å². The zero-order valence-corrected chi connectivity index (χ0v) is 7.63. The highest BCUT2D eigenvalue weighted by atomic mass is 32.2. The van der Waals surface area contributed by atoms with Crippen molar-refractivity contribution < 1.29 is 22.5 Å². The van der Waals surface area contributed by atoms with E-state index < -0.39 is 4.93 Å². The number of nitrogens with zero attached hydrogens (tertiary/aromatic N) is 1. The Morgan fingerprint density at radius 2 is 1.82 bits per heavy atom. The van der Waals surface area contributed by atoms with E-state index in [1.165, 1.54) is 13.4 Å².